The molecule has 2 unspecified atom stereocenters. The van der Waals surface area contributed by atoms with Crippen molar-refractivity contribution in [3.8, 4) is 0 Å². The molecule has 0 saturated carbocycles. The van der Waals surface area contributed by atoms with Crippen LogP contribution >= 0.6 is 0 Å². The van der Waals surface area contributed by atoms with Gasteiger partial charge >= 0.3 is 5.97 Å². The summed E-state index contributed by atoms with van der Waals surface area (Å²) in [5, 5.41) is 12.5. The summed E-state index contributed by atoms with van der Waals surface area (Å²) in [5.74, 6) is -0.734. The monoisotopic (exact) mass is 304 g/mol. The van der Waals surface area contributed by atoms with Crippen molar-refractivity contribution in [3.63, 3.8) is 0 Å². The molecule has 4 heteroatoms. The largest absolute Gasteiger partial charge is 0.480 e. The third-order valence-corrected chi connectivity index (χ3v) is 4.51. The van der Waals surface area contributed by atoms with Gasteiger partial charge in [-0.2, -0.15) is 0 Å². The molecule has 0 bridgehead atoms. The standard InChI is InChI=1S/C18H28N2O2/c1-3-19-17(18(21)22)12-16-6-4-5-11-20(16)13-15-9-7-14(2)8-10-15/h7-10,16-17,19H,3-6,11-13H2,1-2H3,(H,21,22). The molecule has 22 heavy (non-hydrogen) atoms. The Morgan fingerprint density at radius 2 is 2.09 bits per heavy atom. The molecule has 122 valence electrons. The summed E-state index contributed by atoms with van der Waals surface area (Å²) >= 11 is 0. The highest BCUT2D eigenvalue weighted by Gasteiger charge is 2.28. The highest BCUT2D eigenvalue weighted by atomic mass is 16.4. The average Bonchev–Trinajstić information content (AvgIpc) is 2.50. The number of nitrogens with one attached hydrogen (secondary N) is 1. The maximum absolute atomic E-state index is 11.4. The minimum atomic E-state index is -0.734. The van der Waals surface area contributed by atoms with Crippen molar-refractivity contribution >= 4 is 5.97 Å². The summed E-state index contributed by atoms with van der Waals surface area (Å²) < 4.78 is 0. The molecule has 1 aromatic carbocycles. The number of aliphatic carboxylic acids is 1. The number of hydrogen-bond donors (Lipinski definition) is 2. The quantitative estimate of drug-likeness (QED) is 0.813. The van der Waals surface area contributed by atoms with Crippen molar-refractivity contribution in [3.05, 3.63) is 35.4 Å². The molecule has 0 amide bonds. The second-order valence-corrected chi connectivity index (χ2v) is 6.29. The second kappa shape index (κ2) is 8.30. The van der Waals surface area contributed by atoms with E-state index in [9.17, 15) is 9.90 Å². The van der Waals surface area contributed by atoms with Crippen LogP contribution in [0.25, 0.3) is 0 Å². The number of likely N-dealkylation sites (tertiary alicyclic amines) is 1. The fourth-order valence-corrected chi connectivity index (χ4v) is 3.25. The van der Waals surface area contributed by atoms with Crippen LogP contribution in [0.3, 0.4) is 0 Å². The summed E-state index contributed by atoms with van der Waals surface area (Å²) in [4.78, 5) is 13.8. The van der Waals surface area contributed by atoms with Gasteiger partial charge in [0.2, 0.25) is 0 Å². The lowest BCUT2D eigenvalue weighted by atomic mass is 9.95. The van der Waals surface area contributed by atoms with Crippen molar-refractivity contribution < 1.29 is 9.90 Å². The van der Waals surface area contributed by atoms with E-state index < -0.39 is 12.0 Å². The van der Waals surface area contributed by atoms with Gasteiger partial charge in [0.1, 0.15) is 6.04 Å². The molecule has 0 radical (unpaired) electrons. The lowest BCUT2D eigenvalue weighted by Crippen LogP contribution is -2.46. The van der Waals surface area contributed by atoms with Crippen molar-refractivity contribution in [1.29, 1.82) is 0 Å². The maximum Gasteiger partial charge on any atom is 0.320 e. The van der Waals surface area contributed by atoms with Gasteiger partial charge in [-0.05, 0) is 44.8 Å². The molecule has 0 spiro atoms. The number of carbonyl (C=O) groups is 1. The van der Waals surface area contributed by atoms with Crippen LogP contribution in [0.15, 0.2) is 24.3 Å². The fourth-order valence-electron chi connectivity index (χ4n) is 3.25. The molecular weight excluding hydrogens is 276 g/mol. The Labute approximate surface area is 133 Å². The van der Waals surface area contributed by atoms with E-state index in [1.807, 2.05) is 6.92 Å². The molecule has 2 N–H and O–H groups in total. The topological polar surface area (TPSA) is 52.6 Å². The number of piperidine rings is 1. The Morgan fingerprint density at radius 3 is 2.73 bits per heavy atom. The normalized spacial score (nSPS) is 20.7. The van der Waals surface area contributed by atoms with Gasteiger partial charge in [-0.1, -0.05) is 43.2 Å². The van der Waals surface area contributed by atoms with Gasteiger partial charge in [0.05, 0.1) is 0 Å². The number of aryl methyl sites for hydroxylation is 1. The molecule has 2 rings (SSSR count). The van der Waals surface area contributed by atoms with Crippen molar-refractivity contribution in [2.75, 3.05) is 13.1 Å². The smallest absolute Gasteiger partial charge is 0.320 e. The number of carboxylic acids is 1. The van der Waals surface area contributed by atoms with E-state index in [4.69, 9.17) is 0 Å². The number of hydrogen-bond acceptors (Lipinski definition) is 3. The zero-order chi connectivity index (χ0) is 15.9. The summed E-state index contributed by atoms with van der Waals surface area (Å²) in [6.45, 7) is 6.74. The van der Waals surface area contributed by atoms with Crippen LogP contribution in [0.2, 0.25) is 0 Å². The van der Waals surface area contributed by atoms with Crippen LogP contribution in [0, 0.1) is 6.92 Å². The Bertz CT molecular complexity index is 472. The molecule has 2 atom stereocenters. The zero-order valence-corrected chi connectivity index (χ0v) is 13.7. The Balaban J connectivity index is 2.00. The first-order chi connectivity index (χ1) is 10.6. The Kier molecular flexibility index (Phi) is 6.40. The van der Waals surface area contributed by atoms with E-state index in [0.717, 1.165) is 19.5 Å². The van der Waals surface area contributed by atoms with Crippen LogP contribution in [0.4, 0.5) is 0 Å². The van der Waals surface area contributed by atoms with Crippen LogP contribution < -0.4 is 5.32 Å². The molecule has 1 fully saturated rings. The molecule has 1 saturated heterocycles. The van der Waals surface area contributed by atoms with E-state index in [2.05, 4.69) is 41.4 Å². The molecular formula is C18H28N2O2. The van der Waals surface area contributed by atoms with Crippen LogP contribution in [-0.2, 0) is 11.3 Å². The lowest BCUT2D eigenvalue weighted by molar-refractivity contribution is -0.140. The summed E-state index contributed by atoms with van der Waals surface area (Å²) in [6, 6.07) is 8.57. The van der Waals surface area contributed by atoms with Crippen molar-refractivity contribution in [2.45, 2.75) is 58.2 Å². The van der Waals surface area contributed by atoms with Gasteiger partial charge in [-0.15, -0.1) is 0 Å². The first-order valence-electron chi connectivity index (χ1n) is 8.36. The van der Waals surface area contributed by atoms with Crippen molar-refractivity contribution in [1.82, 2.24) is 10.2 Å². The predicted molar refractivity (Wildman–Crippen MR) is 88.9 cm³/mol. The minimum Gasteiger partial charge on any atom is -0.480 e. The first-order valence-corrected chi connectivity index (χ1v) is 8.36. The van der Waals surface area contributed by atoms with E-state index in [1.165, 1.54) is 24.0 Å². The van der Waals surface area contributed by atoms with E-state index in [-0.39, 0.29) is 0 Å². The van der Waals surface area contributed by atoms with Gasteiger partial charge in [-0.25, -0.2) is 0 Å². The Hall–Kier alpha value is -1.39. The summed E-state index contributed by atoms with van der Waals surface area (Å²) in [6.07, 6.45) is 4.20. The lowest BCUT2D eigenvalue weighted by Gasteiger charge is -2.37. The molecule has 0 aromatic heterocycles. The average molecular weight is 304 g/mol. The van der Waals surface area contributed by atoms with Gasteiger partial charge < -0.3 is 10.4 Å². The maximum atomic E-state index is 11.4. The molecule has 0 aliphatic carbocycles. The van der Waals surface area contributed by atoms with Crippen LogP contribution in [0.5, 0.6) is 0 Å². The minimum absolute atomic E-state index is 0.357. The molecule has 1 heterocycles. The highest BCUT2D eigenvalue weighted by Crippen LogP contribution is 2.23. The van der Waals surface area contributed by atoms with E-state index in [1.54, 1.807) is 0 Å². The van der Waals surface area contributed by atoms with E-state index in [0.29, 0.717) is 19.0 Å². The zero-order valence-electron chi connectivity index (χ0n) is 13.7. The van der Waals surface area contributed by atoms with Crippen LogP contribution in [-0.4, -0.2) is 41.1 Å². The highest BCUT2D eigenvalue weighted by molar-refractivity contribution is 5.73. The number of nitrogens with zero attached hydrogens (tertiary/aromatic N) is 1. The number of rotatable bonds is 7. The van der Waals surface area contributed by atoms with E-state index >= 15 is 0 Å². The van der Waals surface area contributed by atoms with Gasteiger partial charge in [0, 0.05) is 12.6 Å². The number of likely N-dealkylation sites (N-methyl/N-ethyl adjacent to an activating group) is 1. The van der Waals surface area contributed by atoms with Gasteiger partial charge in [0.15, 0.2) is 0 Å². The Morgan fingerprint density at radius 1 is 1.36 bits per heavy atom. The molecule has 1 aromatic rings. The SMILES string of the molecule is CCNC(CC1CCCCN1Cc1ccc(C)cc1)C(=O)O. The third-order valence-electron chi connectivity index (χ3n) is 4.51. The van der Waals surface area contributed by atoms with Crippen molar-refractivity contribution in [2.24, 2.45) is 0 Å². The number of benzene rings is 1. The fraction of sp³-hybridized carbons (Fsp3) is 0.611. The van der Waals surface area contributed by atoms with Gasteiger partial charge in [-0.3, -0.25) is 9.69 Å². The second-order valence-electron chi connectivity index (χ2n) is 6.29. The molecule has 1 aliphatic heterocycles. The molecule has 4 nitrogen and oxygen atoms in total. The summed E-state index contributed by atoms with van der Waals surface area (Å²) in [7, 11) is 0. The van der Waals surface area contributed by atoms with Crippen LogP contribution in [0.1, 0.15) is 43.7 Å². The first kappa shape index (κ1) is 17.0. The molecule has 1 aliphatic rings. The summed E-state index contributed by atoms with van der Waals surface area (Å²) in [5.41, 5.74) is 2.59. The number of carboxylic acid groups (broad SMARTS) is 1. The predicted octanol–water partition coefficient (Wildman–Crippen LogP) is 2.80. The third kappa shape index (κ3) is 4.82. The van der Waals surface area contributed by atoms with Gasteiger partial charge in [0.25, 0.3) is 0 Å².